The SMILES string of the molecule is CC(C)(C)c1cc2c3c(c1)B1c4ccc(C(C)(C)C)cc4N(c4cccc(-c5ccccc5)c4)c4cc(C(C)(C)C)cc(c41)N3c1cc(C(C)(C)C)cc3c1B2c1ccc(C(C)(C)C)cc1N3c1cccc(-c2ccccc2)c1. The molecule has 4 aliphatic rings. The minimum atomic E-state index is -0.166. The van der Waals surface area contributed by atoms with Gasteiger partial charge in [-0.2, -0.15) is 0 Å². The van der Waals surface area contributed by atoms with Crippen LogP contribution in [0, 0.1) is 0 Å². The molecule has 0 bridgehead atoms. The molecule has 0 atom stereocenters. The molecular formula is C74H75B2N3. The van der Waals surface area contributed by atoms with Gasteiger partial charge in [0.25, 0.3) is 13.4 Å². The second-order valence-electron chi connectivity index (χ2n) is 28.4. The average molecular weight is 1030 g/mol. The fourth-order valence-electron chi connectivity index (χ4n) is 13.2. The van der Waals surface area contributed by atoms with Gasteiger partial charge in [-0.3, -0.25) is 0 Å². The van der Waals surface area contributed by atoms with Crippen molar-refractivity contribution in [2.45, 2.75) is 131 Å². The van der Waals surface area contributed by atoms with Gasteiger partial charge in [0.1, 0.15) is 0 Å². The summed E-state index contributed by atoms with van der Waals surface area (Å²) in [6.07, 6.45) is 0. The van der Waals surface area contributed by atoms with Crippen LogP contribution < -0.4 is 47.5 Å². The normalized spacial score (nSPS) is 14.4. The zero-order chi connectivity index (χ0) is 55.5. The molecular weight excluding hydrogens is 952 g/mol. The van der Waals surface area contributed by atoms with Gasteiger partial charge in [-0.25, -0.2) is 0 Å². The third-order valence-electron chi connectivity index (χ3n) is 17.7. The summed E-state index contributed by atoms with van der Waals surface area (Å²) in [6, 6.07) is 70.8. The summed E-state index contributed by atoms with van der Waals surface area (Å²) >= 11 is 0. The Labute approximate surface area is 472 Å². The van der Waals surface area contributed by atoms with E-state index in [1.54, 1.807) is 0 Å². The molecule has 79 heavy (non-hydrogen) atoms. The standard InChI is InChI=1S/C74H75B2N3/c1-70(2,3)50-32-34-57-61(40-50)77(55-30-22-28-48(36-55)46-24-18-16-19-25-46)63-42-53(73(10,11)12)44-65-67(63)75(57)59-38-52(72(7,8)9)39-60-69(59)79(65)66-45-54(74(13,14)15)43-64-68(66)76(60)58-35-33-51(71(4,5)6)41-62(58)78(64)56-31-23-29-49(37-56)47-26-20-17-21-27-47/h16-45H,1-15H3. The highest BCUT2D eigenvalue weighted by Gasteiger charge is 2.52. The van der Waals surface area contributed by atoms with E-state index in [9.17, 15) is 0 Å². The van der Waals surface area contributed by atoms with Gasteiger partial charge in [-0.05, 0) is 171 Å². The Morgan fingerprint density at radius 2 is 0.570 bits per heavy atom. The van der Waals surface area contributed by atoms with Crippen LogP contribution in [0.5, 0.6) is 0 Å². The molecule has 0 aromatic heterocycles. The van der Waals surface area contributed by atoms with E-state index >= 15 is 0 Å². The maximum atomic E-state index is 2.77. The van der Waals surface area contributed by atoms with Crippen LogP contribution >= 0.6 is 0 Å². The topological polar surface area (TPSA) is 9.72 Å². The van der Waals surface area contributed by atoms with Crippen molar-refractivity contribution in [3.05, 3.63) is 210 Å². The molecule has 0 radical (unpaired) electrons. The predicted molar refractivity (Wildman–Crippen MR) is 344 cm³/mol. The first-order chi connectivity index (χ1) is 37.3. The molecule has 9 aromatic rings. The molecule has 0 fully saturated rings. The van der Waals surface area contributed by atoms with Crippen LogP contribution in [-0.4, -0.2) is 13.4 Å². The predicted octanol–water partition coefficient (Wildman–Crippen LogP) is 16.2. The van der Waals surface area contributed by atoms with Gasteiger partial charge >= 0.3 is 0 Å². The Hall–Kier alpha value is -7.49. The fourth-order valence-corrected chi connectivity index (χ4v) is 13.2. The molecule has 5 heteroatoms. The minimum absolute atomic E-state index is 0.0285. The van der Waals surface area contributed by atoms with Crippen LogP contribution in [0.3, 0.4) is 0 Å². The van der Waals surface area contributed by atoms with E-state index in [4.69, 9.17) is 0 Å². The van der Waals surface area contributed by atoms with Crippen LogP contribution in [0.25, 0.3) is 22.3 Å². The Balaban J connectivity index is 1.18. The molecule has 4 aliphatic heterocycles. The Kier molecular flexibility index (Phi) is 11.3. The van der Waals surface area contributed by atoms with Gasteiger partial charge in [0, 0.05) is 51.2 Å². The molecule has 13 rings (SSSR count). The first kappa shape index (κ1) is 51.0. The van der Waals surface area contributed by atoms with Crippen LogP contribution in [0.1, 0.15) is 132 Å². The monoisotopic (exact) mass is 1030 g/mol. The summed E-state index contributed by atoms with van der Waals surface area (Å²) in [7, 11) is 0. The second kappa shape index (κ2) is 17.5. The molecule has 0 aliphatic carbocycles. The quantitative estimate of drug-likeness (QED) is 0.163. The summed E-state index contributed by atoms with van der Waals surface area (Å²) in [5, 5.41) is 0. The highest BCUT2D eigenvalue weighted by atomic mass is 15.2. The summed E-state index contributed by atoms with van der Waals surface area (Å²) in [6.45, 7) is 35.7. The Bertz CT molecular complexity index is 3700. The molecule has 0 saturated carbocycles. The summed E-state index contributed by atoms with van der Waals surface area (Å²) in [5.74, 6) is 0. The van der Waals surface area contributed by atoms with Crippen molar-refractivity contribution < 1.29 is 0 Å². The van der Waals surface area contributed by atoms with Crippen molar-refractivity contribution in [3.63, 3.8) is 0 Å². The highest BCUT2D eigenvalue weighted by molar-refractivity contribution is 7.04. The average Bonchev–Trinajstić information content (AvgIpc) is 2.95. The molecule has 392 valence electrons. The lowest BCUT2D eigenvalue weighted by molar-refractivity contribution is 0.589. The van der Waals surface area contributed by atoms with E-state index in [0.717, 1.165) is 0 Å². The van der Waals surface area contributed by atoms with Crippen molar-refractivity contribution in [1.82, 2.24) is 0 Å². The Morgan fingerprint density at radius 3 is 0.924 bits per heavy atom. The van der Waals surface area contributed by atoms with Crippen molar-refractivity contribution in [2.24, 2.45) is 0 Å². The number of rotatable bonds is 4. The van der Waals surface area contributed by atoms with Gasteiger partial charge < -0.3 is 14.7 Å². The minimum Gasteiger partial charge on any atom is -0.312 e. The smallest absolute Gasteiger partial charge is 0.252 e. The van der Waals surface area contributed by atoms with E-state index in [2.05, 4.69) is 301 Å². The van der Waals surface area contributed by atoms with Crippen LogP contribution in [0.15, 0.2) is 182 Å². The molecule has 3 nitrogen and oxygen atoms in total. The zero-order valence-corrected chi connectivity index (χ0v) is 49.3. The van der Waals surface area contributed by atoms with Gasteiger partial charge in [0.2, 0.25) is 0 Å². The van der Waals surface area contributed by atoms with Crippen molar-refractivity contribution in [1.29, 1.82) is 0 Å². The lowest BCUT2D eigenvalue weighted by Crippen LogP contribution is -2.68. The fraction of sp³-hybridized carbons (Fsp3) is 0.270. The van der Waals surface area contributed by atoms with Crippen molar-refractivity contribution in [3.8, 4) is 22.3 Å². The summed E-state index contributed by atoms with van der Waals surface area (Å²) in [5.41, 5.74) is 30.4. The molecule has 0 unspecified atom stereocenters. The number of fused-ring (bicyclic) bond motifs is 8. The third kappa shape index (κ3) is 8.23. The first-order valence-electron chi connectivity index (χ1n) is 28.9. The first-order valence-corrected chi connectivity index (χ1v) is 28.9. The largest absolute Gasteiger partial charge is 0.312 e. The highest BCUT2D eigenvalue weighted by Crippen LogP contribution is 2.52. The number of hydrogen-bond acceptors (Lipinski definition) is 3. The van der Waals surface area contributed by atoms with E-state index in [0.29, 0.717) is 0 Å². The molecule has 0 amide bonds. The maximum Gasteiger partial charge on any atom is 0.252 e. The number of benzene rings is 9. The lowest BCUT2D eigenvalue weighted by atomic mass is 9.28. The number of nitrogens with zero attached hydrogens (tertiary/aromatic N) is 3. The molecule has 0 N–H and O–H groups in total. The molecule has 0 spiro atoms. The van der Waals surface area contributed by atoms with E-state index in [-0.39, 0.29) is 40.5 Å². The maximum absolute atomic E-state index is 2.77. The second-order valence-corrected chi connectivity index (χ2v) is 28.4. The Morgan fingerprint density at radius 1 is 0.253 bits per heavy atom. The molecule has 9 aromatic carbocycles. The molecule has 4 heterocycles. The van der Waals surface area contributed by atoms with Crippen LogP contribution in [0.4, 0.5) is 51.2 Å². The van der Waals surface area contributed by atoms with E-state index in [1.165, 1.54) is 134 Å². The van der Waals surface area contributed by atoms with Gasteiger partial charge in [0.05, 0.1) is 0 Å². The number of hydrogen-bond donors (Lipinski definition) is 0. The van der Waals surface area contributed by atoms with E-state index < -0.39 is 0 Å². The van der Waals surface area contributed by atoms with Crippen molar-refractivity contribution >= 4 is 97.4 Å². The van der Waals surface area contributed by atoms with Crippen molar-refractivity contribution in [2.75, 3.05) is 14.7 Å². The summed E-state index contributed by atoms with van der Waals surface area (Å²) < 4.78 is 0. The van der Waals surface area contributed by atoms with E-state index in [1.807, 2.05) is 0 Å². The summed E-state index contributed by atoms with van der Waals surface area (Å²) in [4.78, 5) is 8.05. The molecule has 0 saturated heterocycles. The van der Waals surface area contributed by atoms with Gasteiger partial charge in [-0.15, -0.1) is 0 Å². The van der Waals surface area contributed by atoms with Crippen LogP contribution in [0.2, 0.25) is 0 Å². The third-order valence-corrected chi connectivity index (χ3v) is 17.7. The number of anilines is 9. The lowest BCUT2D eigenvalue weighted by Gasteiger charge is -2.51. The van der Waals surface area contributed by atoms with Gasteiger partial charge in [-0.1, -0.05) is 225 Å². The van der Waals surface area contributed by atoms with Gasteiger partial charge in [0.15, 0.2) is 0 Å². The van der Waals surface area contributed by atoms with Crippen LogP contribution in [-0.2, 0) is 27.1 Å². The zero-order valence-electron chi connectivity index (χ0n) is 49.3.